The second kappa shape index (κ2) is 10.6. The highest BCUT2D eigenvalue weighted by atomic mass is 35.5. The first kappa shape index (κ1) is 25.9. The highest BCUT2D eigenvalue weighted by Gasteiger charge is 2.36. The highest BCUT2D eigenvalue weighted by Crippen LogP contribution is 2.38. The van der Waals surface area contributed by atoms with E-state index >= 15 is 0 Å². The zero-order chi connectivity index (χ0) is 26.2. The van der Waals surface area contributed by atoms with Gasteiger partial charge < -0.3 is 4.90 Å². The first-order valence-electron chi connectivity index (χ1n) is 12.3. The van der Waals surface area contributed by atoms with E-state index in [0.29, 0.717) is 17.0 Å². The monoisotopic (exact) mass is 552 g/mol. The van der Waals surface area contributed by atoms with Gasteiger partial charge in [-0.05, 0) is 58.5 Å². The maximum atomic E-state index is 14.0. The molecule has 1 aliphatic heterocycles. The molecule has 2 heterocycles. The summed E-state index contributed by atoms with van der Waals surface area (Å²) in [5.41, 5.74) is 2.06. The second-order valence-electron chi connectivity index (χ2n) is 9.76. The Labute approximate surface area is 227 Å². The van der Waals surface area contributed by atoms with Gasteiger partial charge in [0.05, 0.1) is 17.5 Å². The average Bonchev–Trinajstić information content (AvgIpc) is 3.36. The predicted octanol–water partition coefficient (Wildman–Crippen LogP) is 6.38. The van der Waals surface area contributed by atoms with Crippen molar-refractivity contribution in [2.24, 2.45) is 5.92 Å². The minimum atomic E-state index is -3.92. The maximum Gasteiger partial charge on any atom is 0.244 e. The molecule has 1 aliphatic rings. The lowest BCUT2D eigenvalue weighted by Gasteiger charge is -2.37. The second-order valence-corrected chi connectivity index (χ2v) is 13.1. The molecule has 0 unspecified atom stereocenters. The third kappa shape index (κ3) is 5.18. The van der Waals surface area contributed by atoms with Crippen LogP contribution in [0.25, 0.3) is 10.8 Å². The molecule has 37 heavy (non-hydrogen) atoms. The van der Waals surface area contributed by atoms with Crippen molar-refractivity contribution in [2.45, 2.75) is 31.2 Å². The first-order chi connectivity index (χ1) is 17.8. The van der Waals surface area contributed by atoms with Gasteiger partial charge >= 0.3 is 0 Å². The fourth-order valence-corrected chi connectivity index (χ4v) is 7.84. The third-order valence-corrected chi connectivity index (χ3v) is 9.84. The number of fused-ring (bicyclic) bond motifs is 2. The number of rotatable bonds is 7. The molecule has 5 rings (SSSR count). The Bertz CT molecular complexity index is 1530. The summed E-state index contributed by atoms with van der Waals surface area (Å²) in [5, 5.41) is 4.19. The number of carbonyl (C=O) groups excluding carboxylic acids is 1. The summed E-state index contributed by atoms with van der Waals surface area (Å²) in [6, 6.07) is 22.1. The van der Waals surface area contributed by atoms with Crippen LogP contribution in [0.3, 0.4) is 0 Å². The van der Waals surface area contributed by atoms with Gasteiger partial charge in [-0.15, -0.1) is 11.3 Å². The van der Waals surface area contributed by atoms with E-state index in [9.17, 15) is 13.2 Å². The lowest BCUT2D eigenvalue weighted by Crippen LogP contribution is -2.47. The fraction of sp³-hybridized carbons (Fsp3) is 0.276. The van der Waals surface area contributed by atoms with Gasteiger partial charge in [0.1, 0.15) is 0 Å². The zero-order valence-electron chi connectivity index (χ0n) is 20.8. The minimum Gasteiger partial charge on any atom is -0.330 e. The molecule has 4 aromatic rings. The number of benzene rings is 3. The van der Waals surface area contributed by atoms with Crippen molar-refractivity contribution in [3.8, 4) is 0 Å². The van der Waals surface area contributed by atoms with E-state index in [1.807, 2.05) is 73.3 Å². The van der Waals surface area contributed by atoms with Crippen LogP contribution in [0.15, 0.2) is 83.1 Å². The van der Waals surface area contributed by atoms with Crippen LogP contribution in [0.2, 0.25) is 5.02 Å². The zero-order valence-corrected chi connectivity index (χ0v) is 23.2. The molecular weight excluding hydrogens is 524 g/mol. The summed E-state index contributed by atoms with van der Waals surface area (Å²) >= 11 is 7.84. The molecule has 0 aliphatic carbocycles. The van der Waals surface area contributed by atoms with Crippen LogP contribution in [-0.4, -0.2) is 43.2 Å². The predicted molar refractivity (Wildman–Crippen MR) is 151 cm³/mol. The molecule has 0 fully saturated rings. The number of carbonyl (C=O) groups is 1. The minimum absolute atomic E-state index is 0.0504. The first-order valence-corrected chi connectivity index (χ1v) is 15.0. The van der Waals surface area contributed by atoms with Crippen LogP contribution in [0.5, 0.6) is 0 Å². The molecule has 5 nitrogen and oxygen atoms in total. The van der Waals surface area contributed by atoms with Gasteiger partial charge in [-0.1, -0.05) is 74.0 Å². The van der Waals surface area contributed by atoms with Crippen molar-refractivity contribution in [1.29, 1.82) is 0 Å². The molecule has 0 saturated carbocycles. The molecular formula is C29H29ClN2O3S2. The summed E-state index contributed by atoms with van der Waals surface area (Å²) in [6.07, 6.45) is 0.753. The topological polar surface area (TPSA) is 57.7 Å². The SMILES string of the molecule is CC(C)CN(CC(=O)N1CCc2sccc2[C@@H]1c1ccc(Cl)cc1)S(=O)(=O)c1cccc2ccccc12. The van der Waals surface area contributed by atoms with E-state index in [1.165, 1.54) is 9.18 Å². The molecule has 1 amide bonds. The van der Waals surface area contributed by atoms with E-state index in [-0.39, 0.29) is 35.9 Å². The molecule has 0 saturated heterocycles. The maximum absolute atomic E-state index is 14.0. The average molecular weight is 553 g/mol. The van der Waals surface area contributed by atoms with Crippen molar-refractivity contribution < 1.29 is 13.2 Å². The summed E-state index contributed by atoms with van der Waals surface area (Å²) in [5.74, 6) is -0.157. The third-order valence-electron chi connectivity index (χ3n) is 6.72. The Hall–Kier alpha value is -2.71. The lowest BCUT2D eigenvalue weighted by atomic mass is 9.93. The summed E-state index contributed by atoms with van der Waals surface area (Å²) in [7, 11) is -3.92. The van der Waals surface area contributed by atoms with Gasteiger partial charge in [0.25, 0.3) is 0 Å². The lowest BCUT2D eigenvalue weighted by molar-refractivity contribution is -0.133. The Kier molecular flexibility index (Phi) is 7.41. The van der Waals surface area contributed by atoms with E-state index in [4.69, 9.17) is 11.6 Å². The van der Waals surface area contributed by atoms with Gasteiger partial charge in [0.15, 0.2) is 0 Å². The van der Waals surface area contributed by atoms with E-state index in [0.717, 1.165) is 22.9 Å². The van der Waals surface area contributed by atoms with Gasteiger partial charge in [0.2, 0.25) is 15.9 Å². The summed E-state index contributed by atoms with van der Waals surface area (Å²) in [6.45, 7) is 4.49. The Morgan fingerprint density at radius 3 is 2.54 bits per heavy atom. The number of halogens is 1. The Balaban J connectivity index is 1.51. The van der Waals surface area contributed by atoms with Gasteiger partial charge in [0, 0.05) is 28.4 Å². The van der Waals surface area contributed by atoms with Gasteiger partial charge in [-0.3, -0.25) is 4.79 Å². The van der Waals surface area contributed by atoms with E-state index in [1.54, 1.807) is 23.5 Å². The number of hydrogen-bond acceptors (Lipinski definition) is 4. The Morgan fingerprint density at radius 2 is 1.78 bits per heavy atom. The van der Waals surface area contributed by atoms with Crippen molar-refractivity contribution >= 4 is 49.6 Å². The van der Waals surface area contributed by atoms with E-state index in [2.05, 4.69) is 11.4 Å². The molecule has 0 N–H and O–H groups in total. The molecule has 1 aromatic heterocycles. The smallest absolute Gasteiger partial charge is 0.244 e. The molecule has 0 spiro atoms. The number of hydrogen-bond donors (Lipinski definition) is 0. The van der Waals surface area contributed by atoms with Crippen molar-refractivity contribution in [3.05, 3.63) is 99.2 Å². The fourth-order valence-electron chi connectivity index (χ4n) is 5.05. The summed E-state index contributed by atoms with van der Waals surface area (Å²) < 4.78 is 29.3. The van der Waals surface area contributed by atoms with E-state index < -0.39 is 10.0 Å². The standard InChI is InChI=1S/C29H29ClN2O3S2/c1-20(2)18-31(37(34,35)27-9-5-7-21-6-3-4-8-24(21)27)19-28(33)32-16-14-26-25(15-17-36-26)29(32)22-10-12-23(30)13-11-22/h3-13,15,17,20,29H,14,16,18-19H2,1-2H3/t29-/m0/s1. The van der Waals surface area contributed by atoms with Crippen LogP contribution in [0.4, 0.5) is 0 Å². The number of nitrogens with zero attached hydrogens (tertiary/aromatic N) is 2. The Morgan fingerprint density at radius 1 is 1.05 bits per heavy atom. The summed E-state index contributed by atoms with van der Waals surface area (Å²) in [4.78, 5) is 17.2. The van der Waals surface area contributed by atoms with Gasteiger partial charge in [-0.25, -0.2) is 8.42 Å². The van der Waals surface area contributed by atoms with Crippen LogP contribution < -0.4 is 0 Å². The largest absolute Gasteiger partial charge is 0.330 e. The van der Waals surface area contributed by atoms with Crippen LogP contribution in [0, 0.1) is 5.92 Å². The highest BCUT2D eigenvalue weighted by molar-refractivity contribution is 7.89. The molecule has 1 atom stereocenters. The quantitative estimate of drug-likeness (QED) is 0.267. The van der Waals surface area contributed by atoms with Gasteiger partial charge in [-0.2, -0.15) is 4.31 Å². The number of sulfonamides is 1. The molecule has 8 heteroatoms. The van der Waals surface area contributed by atoms with Crippen molar-refractivity contribution in [1.82, 2.24) is 9.21 Å². The van der Waals surface area contributed by atoms with Crippen molar-refractivity contribution in [2.75, 3.05) is 19.6 Å². The van der Waals surface area contributed by atoms with Crippen LogP contribution in [-0.2, 0) is 21.2 Å². The molecule has 0 bridgehead atoms. The number of amides is 1. The number of thiophene rings is 1. The van der Waals surface area contributed by atoms with Crippen LogP contribution >= 0.6 is 22.9 Å². The van der Waals surface area contributed by atoms with Crippen LogP contribution in [0.1, 0.15) is 35.9 Å². The van der Waals surface area contributed by atoms with Crippen molar-refractivity contribution in [3.63, 3.8) is 0 Å². The molecule has 0 radical (unpaired) electrons. The molecule has 192 valence electrons. The molecule has 3 aromatic carbocycles. The normalized spacial score (nSPS) is 15.9.